The largest absolute Gasteiger partial charge is 0.481 e. The van der Waals surface area contributed by atoms with E-state index >= 15 is 0 Å². The second kappa shape index (κ2) is 5.00. The molecule has 0 aliphatic heterocycles. The van der Waals surface area contributed by atoms with Crippen molar-refractivity contribution in [1.29, 1.82) is 0 Å². The third kappa shape index (κ3) is 2.80. The van der Waals surface area contributed by atoms with Gasteiger partial charge >= 0.3 is 12.1 Å². The van der Waals surface area contributed by atoms with Gasteiger partial charge in [-0.15, -0.1) is 0 Å². The Balaban J connectivity index is 1.64. The van der Waals surface area contributed by atoms with Gasteiger partial charge in [0, 0.05) is 12.0 Å². The average Bonchev–Trinajstić information content (AvgIpc) is 3.31. The fraction of sp³-hybridized carbons (Fsp3) is 0.467. The Morgan fingerprint density at radius 1 is 1.14 bits per heavy atom. The number of amides is 1. The van der Waals surface area contributed by atoms with Gasteiger partial charge in [0.15, 0.2) is 0 Å². The van der Waals surface area contributed by atoms with Gasteiger partial charge in [-0.25, -0.2) is 0 Å². The quantitative estimate of drug-likeness (QED) is 0.897. The summed E-state index contributed by atoms with van der Waals surface area (Å²) in [6.07, 6.45) is -3.67. The van der Waals surface area contributed by atoms with Gasteiger partial charge in [0.25, 0.3) is 0 Å². The van der Waals surface area contributed by atoms with Gasteiger partial charge in [-0.3, -0.25) is 9.59 Å². The molecule has 0 heterocycles. The molecule has 2 fully saturated rings. The zero-order chi connectivity index (χ0) is 16.1. The van der Waals surface area contributed by atoms with Crippen LogP contribution >= 0.6 is 0 Å². The van der Waals surface area contributed by atoms with E-state index < -0.39 is 29.5 Å². The molecule has 1 amide bonds. The molecule has 2 N–H and O–H groups in total. The van der Waals surface area contributed by atoms with Crippen molar-refractivity contribution in [2.45, 2.75) is 31.0 Å². The van der Waals surface area contributed by atoms with E-state index in [1.54, 1.807) is 6.07 Å². The van der Waals surface area contributed by atoms with Crippen molar-refractivity contribution in [2.75, 3.05) is 0 Å². The summed E-state index contributed by atoms with van der Waals surface area (Å²) < 4.78 is 38.9. The standard InChI is InChI=1S/C15H14F3NO3/c16-15(17,18)11-4-2-1-3-7(11)8-6-12(8)19-13(20)9-5-10(9)14(21)22/h1-4,8-10,12H,5-6H2,(H,19,20)(H,21,22)/t8-,9-,10+,12+/m0/s1. The predicted octanol–water partition coefficient (Wildman–Crippen LogP) is 2.40. The molecule has 0 radical (unpaired) electrons. The van der Waals surface area contributed by atoms with Crippen LogP contribution in [0.2, 0.25) is 0 Å². The molecule has 4 nitrogen and oxygen atoms in total. The number of carboxylic acids is 1. The molecule has 0 spiro atoms. The topological polar surface area (TPSA) is 66.4 Å². The Hall–Kier alpha value is -2.05. The second-order valence-electron chi connectivity index (χ2n) is 5.83. The zero-order valence-corrected chi connectivity index (χ0v) is 11.4. The molecular formula is C15H14F3NO3. The summed E-state index contributed by atoms with van der Waals surface area (Å²) in [6.45, 7) is 0. The minimum Gasteiger partial charge on any atom is -0.481 e. The maximum atomic E-state index is 13.0. The molecular weight excluding hydrogens is 299 g/mol. The van der Waals surface area contributed by atoms with E-state index in [2.05, 4.69) is 5.32 Å². The van der Waals surface area contributed by atoms with Gasteiger partial charge in [-0.2, -0.15) is 13.2 Å². The molecule has 3 rings (SSSR count). The molecule has 1 aromatic carbocycles. The van der Waals surface area contributed by atoms with Crippen molar-refractivity contribution < 1.29 is 27.9 Å². The lowest BCUT2D eigenvalue weighted by Gasteiger charge is -2.12. The summed E-state index contributed by atoms with van der Waals surface area (Å²) in [6, 6.07) is 5.00. The van der Waals surface area contributed by atoms with Crippen LogP contribution in [0, 0.1) is 11.8 Å². The summed E-state index contributed by atoms with van der Waals surface area (Å²) in [7, 11) is 0. The van der Waals surface area contributed by atoms with Crippen LogP contribution in [0.3, 0.4) is 0 Å². The van der Waals surface area contributed by atoms with Crippen LogP contribution < -0.4 is 5.32 Å². The van der Waals surface area contributed by atoms with Crippen molar-refractivity contribution in [1.82, 2.24) is 5.32 Å². The first kappa shape index (κ1) is 14.9. The highest BCUT2D eigenvalue weighted by atomic mass is 19.4. The van der Waals surface area contributed by atoms with Crippen molar-refractivity contribution >= 4 is 11.9 Å². The second-order valence-corrected chi connectivity index (χ2v) is 5.83. The normalized spacial score (nSPS) is 29.8. The Labute approximate surface area is 124 Å². The van der Waals surface area contributed by atoms with E-state index in [9.17, 15) is 22.8 Å². The number of benzene rings is 1. The summed E-state index contributed by atoms with van der Waals surface area (Å²) in [5.41, 5.74) is -0.488. The van der Waals surface area contributed by atoms with E-state index in [0.717, 1.165) is 6.07 Å². The lowest BCUT2D eigenvalue weighted by atomic mass is 10.0. The lowest BCUT2D eigenvalue weighted by molar-refractivity contribution is -0.140. The highest BCUT2D eigenvalue weighted by molar-refractivity contribution is 5.89. The molecule has 0 unspecified atom stereocenters. The Kier molecular flexibility index (Phi) is 3.38. The van der Waals surface area contributed by atoms with Crippen molar-refractivity contribution in [3.05, 3.63) is 35.4 Å². The van der Waals surface area contributed by atoms with Gasteiger partial charge < -0.3 is 10.4 Å². The SMILES string of the molecule is O=C(N[C@@H]1C[C@H]1c1ccccc1C(F)(F)F)[C@H]1C[C@H]1C(=O)O. The molecule has 0 aromatic heterocycles. The average molecular weight is 313 g/mol. The third-order valence-corrected chi connectivity index (χ3v) is 4.23. The summed E-state index contributed by atoms with van der Waals surface area (Å²) in [4.78, 5) is 22.5. The number of alkyl halides is 3. The minimum atomic E-state index is -4.42. The maximum absolute atomic E-state index is 13.0. The molecule has 1 aromatic rings. The van der Waals surface area contributed by atoms with Crippen LogP contribution in [0.25, 0.3) is 0 Å². The van der Waals surface area contributed by atoms with Gasteiger partial charge in [-0.05, 0) is 24.5 Å². The van der Waals surface area contributed by atoms with E-state index in [-0.39, 0.29) is 23.4 Å². The molecule has 4 atom stereocenters. The minimum absolute atomic E-state index is 0.186. The molecule has 2 aliphatic carbocycles. The van der Waals surface area contributed by atoms with Gasteiger partial charge in [0.2, 0.25) is 5.91 Å². The highest BCUT2D eigenvalue weighted by Crippen LogP contribution is 2.47. The van der Waals surface area contributed by atoms with Crippen LogP contribution in [-0.2, 0) is 15.8 Å². The lowest BCUT2D eigenvalue weighted by Crippen LogP contribution is -2.29. The Morgan fingerprint density at radius 3 is 2.41 bits per heavy atom. The van der Waals surface area contributed by atoms with Crippen LogP contribution in [0.1, 0.15) is 29.9 Å². The molecule has 22 heavy (non-hydrogen) atoms. The van der Waals surface area contributed by atoms with Gasteiger partial charge in [-0.1, -0.05) is 18.2 Å². The fourth-order valence-corrected chi connectivity index (χ4v) is 2.82. The van der Waals surface area contributed by atoms with E-state index in [4.69, 9.17) is 5.11 Å². The molecule has 0 bridgehead atoms. The van der Waals surface area contributed by atoms with Crippen molar-refractivity contribution in [3.63, 3.8) is 0 Å². The number of aliphatic carboxylic acids is 1. The molecule has 0 saturated heterocycles. The molecule has 118 valence electrons. The Morgan fingerprint density at radius 2 is 1.82 bits per heavy atom. The first-order chi connectivity index (χ1) is 10.3. The predicted molar refractivity (Wildman–Crippen MR) is 70.0 cm³/mol. The molecule has 2 aliphatic rings. The van der Waals surface area contributed by atoms with Crippen LogP contribution in [0.5, 0.6) is 0 Å². The smallest absolute Gasteiger partial charge is 0.416 e. The molecule has 7 heteroatoms. The monoisotopic (exact) mass is 313 g/mol. The third-order valence-electron chi connectivity index (χ3n) is 4.23. The number of carboxylic acid groups (broad SMARTS) is 1. The van der Waals surface area contributed by atoms with Crippen molar-refractivity contribution in [3.8, 4) is 0 Å². The van der Waals surface area contributed by atoms with E-state index in [0.29, 0.717) is 12.8 Å². The number of hydrogen-bond acceptors (Lipinski definition) is 2. The number of halogens is 3. The first-order valence-corrected chi connectivity index (χ1v) is 6.98. The summed E-state index contributed by atoms with van der Waals surface area (Å²) >= 11 is 0. The van der Waals surface area contributed by atoms with E-state index in [1.165, 1.54) is 12.1 Å². The number of carbonyl (C=O) groups is 2. The van der Waals surface area contributed by atoms with Crippen LogP contribution in [0.4, 0.5) is 13.2 Å². The summed E-state index contributed by atoms with van der Waals surface area (Å²) in [5, 5.41) is 11.4. The molecule has 2 saturated carbocycles. The fourth-order valence-electron chi connectivity index (χ4n) is 2.82. The van der Waals surface area contributed by atoms with Gasteiger partial charge in [0.05, 0.1) is 17.4 Å². The Bertz CT molecular complexity index is 629. The first-order valence-electron chi connectivity index (χ1n) is 6.98. The highest BCUT2D eigenvalue weighted by Gasteiger charge is 2.51. The zero-order valence-electron chi connectivity index (χ0n) is 11.4. The number of rotatable bonds is 4. The van der Waals surface area contributed by atoms with E-state index in [1.807, 2.05) is 0 Å². The van der Waals surface area contributed by atoms with Crippen LogP contribution in [-0.4, -0.2) is 23.0 Å². The maximum Gasteiger partial charge on any atom is 0.416 e. The number of nitrogens with one attached hydrogen (secondary N) is 1. The van der Waals surface area contributed by atoms with Crippen molar-refractivity contribution in [2.24, 2.45) is 11.8 Å². The van der Waals surface area contributed by atoms with Gasteiger partial charge in [0.1, 0.15) is 0 Å². The summed E-state index contributed by atoms with van der Waals surface area (Å²) in [5.74, 6) is -2.93. The number of hydrogen-bond donors (Lipinski definition) is 2. The van der Waals surface area contributed by atoms with Crippen LogP contribution in [0.15, 0.2) is 24.3 Å². The number of carbonyl (C=O) groups excluding carboxylic acids is 1.